The van der Waals surface area contributed by atoms with Crippen molar-refractivity contribution in [1.29, 1.82) is 0 Å². The fraction of sp³-hybridized carbons (Fsp3) is 0.600. The van der Waals surface area contributed by atoms with Crippen LogP contribution in [0.3, 0.4) is 0 Å². The van der Waals surface area contributed by atoms with E-state index in [0.29, 0.717) is 17.3 Å². The van der Waals surface area contributed by atoms with Gasteiger partial charge in [-0.25, -0.2) is 0 Å². The lowest BCUT2D eigenvalue weighted by atomic mass is 10.0. The summed E-state index contributed by atoms with van der Waals surface area (Å²) in [6.07, 6.45) is 3.16. The molecule has 0 radical (unpaired) electrons. The number of piperidine rings is 1. The molecular weight excluding hydrogens is 308 g/mol. The molecule has 6 heteroatoms. The van der Waals surface area contributed by atoms with Crippen molar-refractivity contribution in [1.82, 2.24) is 10.2 Å². The van der Waals surface area contributed by atoms with E-state index >= 15 is 0 Å². The highest BCUT2D eigenvalue weighted by molar-refractivity contribution is 7.16. The molecule has 21 heavy (non-hydrogen) atoms. The lowest BCUT2D eigenvalue weighted by Crippen LogP contribution is -2.52. The molecule has 2 unspecified atom stereocenters. The van der Waals surface area contributed by atoms with Gasteiger partial charge in [-0.2, -0.15) is 0 Å². The van der Waals surface area contributed by atoms with E-state index < -0.39 is 0 Å². The standard InChI is InChI=1S/C15H21ClN2O2S/c1-3-14(19)18-9-5-4-6-11(18)15(20)17-10(2)12-7-8-13(16)21-12/h7-8,10-11H,3-6,9H2,1-2H3,(H,17,20). The van der Waals surface area contributed by atoms with Gasteiger partial charge in [-0.1, -0.05) is 18.5 Å². The maximum Gasteiger partial charge on any atom is 0.243 e. The smallest absolute Gasteiger partial charge is 0.243 e. The number of hydrogen-bond acceptors (Lipinski definition) is 3. The highest BCUT2D eigenvalue weighted by Crippen LogP contribution is 2.27. The summed E-state index contributed by atoms with van der Waals surface area (Å²) in [7, 11) is 0. The number of likely N-dealkylation sites (tertiary alicyclic amines) is 1. The Bertz CT molecular complexity index is 518. The first kappa shape index (κ1) is 16.3. The number of carbonyl (C=O) groups excluding carboxylic acids is 2. The maximum atomic E-state index is 12.5. The molecule has 1 aromatic heterocycles. The molecule has 1 saturated heterocycles. The van der Waals surface area contributed by atoms with Crippen LogP contribution in [0, 0.1) is 0 Å². The molecule has 2 rings (SSSR count). The zero-order valence-electron chi connectivity index (χ0n) is 12.4. The third-order valence-electron chi connectivity index (χ3n) is 3.81. The highest BCUT2D eigenvalue weighted by atomic mass is 35.5. The number of rotatable bonds is 4. The molecule has 0 bridgehead atoms. The Morgan fingerprint density at radius 1 is 1.48 bits per heavy atom. The molecule has 2 atom stereocenters. The Morgan fingerprint density at radius 2 is 2.24 bits per heavy atom. The fourth-order valence-corrected chi connectivity index (χ4v) is 3.71. The first-order valence-electron chi connectivity index (χ1n) is 7.38. The van der Waals surface area contributed by atoms with Crippen molar-refractivity contribution in [3.63, 3.8) is 0 Å². The van der Waals surface area contributed by atoms with E-state index in [1.54, 1.807) is 4.90 Å². The van der Waals surface area contributed by atoms with Crippen LogP contribution in [0.2, 0.25) is 4.34 Å². The quantitative estimate of drug-likeness (QED) is 0.921. The van der Waals surface area contributed by atoms with Crippen molar-refractivity contribution in [2.24, 2.45) is 0 Å². The second-order valence-corrected chi connectivity index (χ2v) is 7.07. The minimum Gasteiger partial charge on any atom is -0.347 e. The average Bonchev–Trinajstić information content (AvgIpc) is 2.93. The largest absolute Gasteiger partial charge is 0.347 e. The van der Waals surface area contributed by atoms with Crippen molar-refractivity contribution >= 4 is 34.8 Å². The topological polar surface area (TPSA) is 49.4 Å². The molecule has 4 nitrogen and oxygen atoms in total. The molecular formula is C15H21ClN2O2S. The zero-order valence-corrected chi connectivity index (χ0v) is 14.0. The summed E-state index contributed by atoms with van der Waals surface area (Å²) in [5.74, 6) is -0.00445. The lowest BCUT2D eigenvalue weighted by Gasteiger charge is -2.35. The van der Waals surface area contributed by atoms with Gasteiger partial charge in [0.25, 0.3) is 0 Å². The number of halogens is 1. The second kappa shape index (κ2) is 7.27. The fourth-order valence-electron chi connectivity index (χ4n) is 2.65. The summed E-state index contributed by atoms with van der Waals surface area (Å²) in [5.41, 5.74) is 0. The molecule has 0 saturated carbocycles. The summed E-state index contributed by atoms with van der Waals surface area (Å²) < 4.78 is 0.714. The Balaban J connectivity index is 2.02. The average molecular weight is 329 g/mol. The molecule has 1 fully saturated rings. The second-order valence-electron chi connectivity index (χ2n) is 5.32. The Morgan fingerprint density at radius 3 is 2.86 bits per heavy atom. The molecule has 0 spiro atoms. The summed E-state index contributed by atoms with van der Waals surface area (Å²) in [4.78, 5) is 27.2. The van der Waals surface area contributed by atoms with Crippen LogP contribution in [0.25, 0.3) is 0 Å². The van der Waals surface area contributed by atoms with Gasteiger partial charge in [-0.3, -0.25) is 9.59 Å². The molecule has 0 aliphatic carbocycles. The minimum atomic E-state index is -0.330. The number of hydrogen-bond donors (Lipinski definition) is 1. The van der Waals surface area contributed by atoms with E-state index in [9.17, 15) is 9.59 Å². The number of nitrogens with zero attached hydrogens (tertiary/aromatic N) is 1. The minimum absolute atomic E-state index is 0.0571. The van der Waals surface area contributed by atoms with Gasteiger partial charge in [-0.05, 0) is 38.3 Å². The zero-order chi connectivity index (χ0) is 15.4. The van der Waals surface area contributed by atoms with E-state index in [0.717, 1.165) is 24.1 Å². The monoisotopic (exact) mass is 328 g/mol. The van der Waals surface area contributed by atoms with E-state index in [1.165, 1.54) is 11.3 Å². The van der Waals surface area contributed by atoms with Gasteiger partial charge in [-0.15, -0.1) is 11.3 Å². The highest BCUT2D eigenvalue weighted by Gasteiger charge is 2.31. The van der Waals surface area contributed by atoms with Crippen molar-refractivity contribution in [2.45, 2.75) is 51.6 Å². The maximum absolute atomic E-state index is 12.5. The van der Waals surface area contributed by atoms with Gasteiger partial charge in [0.2, 0.25) is 11.8 Å². The van der Waals surface area contributed by atoms with Gasteiger partial charge < -0.3 is 10.2 Å². The van der Waals surface area contributed by atoms with Crippen molar-refractivity contribution in [3.8, 4) is 0 Å². The number of thiophene rings is 1. The molecule has 2 heterocycles. The van der Waals surface area contributed by atoms with Gasteiger partial charge in [0.15, 0.2) is 0 Å². The van der Waals surface area contributed by atoms with Crippen molar-refractivity contribution < 1.29 is 9.59 Å². The van der Waals surface area contributed by atoms with Crippen molar-refractivity contribution in [2.75, 3.05) is 6.54 Å². The number of nitrogens with one attached hydrogen (secondary N) is 1. The molecule has 2 amide bonds. The molecule has 1 aromatic rings. The molecule has 0 aromatic carbocycles. The first-order chi connectivity index (χ1) is 10.0. The van der Waals surface area contributed by atoms with Gasteiger partial charge in [0.05, 0.1) is 10.4 Å². The molecule has 1 aliphatic heterocycles. The first-order valence-corrected chi connectivity index (χ1v) is 8.57. The predicted octanol–water partition coefficient (Wildman–Crippen LogP) is 3.37. The molecule has 116 valence electrons. The van der Waals surface area contributed by atoms with E-state index in [2.05, 4.69) is 5.32 Å². The molecule has 1 N–H and O–H groups in total. The number of amides is 2. The van der Waals surface area contributed by atoms with Crippen LogP contribution in [-0.2, 0) is 9.59 Å². The summed E-state index contributed by atoms with van der Waals surface area (Å²) in [6.45, 7) is 4.46. The molecule has 1 aliphatic rings. The third-order valence-corrected chi connectivity index (χ3v) is 5.22. The van der Waals surface area contributed by atoms with Crippen LogP contribution in [0.4, 0.5) is 0 Å². The Hall–Kier alpha value is -1.07. The van der Waals surface area contributed by atoms with E-state index in [1.807, 2.05) is 26.0 Å². The summed E-state index contributed by atoms with van der Waals surface area (Å²) >= 11 is 7.39. The van der Waals surface area contributed by atoms with Crippen LogP contribution < -0.4 is 5.32 Å². The summed E-state index contributed by atoms with van der Waals surface area (Å²) in [5, 5.41) is 3.01. The SMILES string of the molecule is CCC(=O)N1CCCCC1C(=O)NC(C)c1ccc(Cl)s1. The van der Waals surface area contributed by atoms with Gasteiger partial charge >= 0.3 is 0 Å². The van der Waals surface area contributed by atoms with Crippen LogP contribution in [0.15, 0.2) is 12.1 Å². The third kappa shape index (κ3) is 3.98. The summed E-state index contributed by atoms with van der Waals surface area (Å²) in [6, 6.07) is 3.34. The Kier molecular flexibility index (Phi) is 5.65. The van der Waals surface area contributed by atoms with E-state index in [-0.39, 0.29) is 23.9 Å². The van der Waals surface area contributed by atoms with Gasteiger partial charge in [0.1, 0.15) is 6.04 Å². The van der Waals surface area contributed by atoms with Crippen LogP contribution >= 0.6 is 22.9 Å². The predicted molar refractivity (Wildman–Crippen MR) is 85.5 cm³/mol. The van der Waals surface area contributed by atoms with Crippen LogP contribution in [-0.4, -0.2) is 29.3 Å². The van der Waals surface area contributed by atoms with Crippen molar-refractivity contribution in [3.05, 3.63) is 21.3 Å². The Labute approximate surface area is 134 Å². The van der Waals surface area contributed by atoms with Crippen LogP contribution in [0.1, 0.15) is 50.4 Å². The van der Waals surface area contributed by atoms with E-state index in [4.69, 9.17) is 11.6 Å². The number of carbonyl (C=O) groups is 2. The van der Waals surface area contributed by atoms with Crippen LogP contribution in [0.5, 0.6) is 0 Å². The van der Waals surface area contributed by atoms with Gasteiger partial charge in [0, 0.05) is 17.8 Å². The normalized spacial score (nSPS) is 20.1. The lowest BCUT2D eigenvalue weighted by molar-refractivity contribution is -0.142.